The van der Waals surface area contributed by atoms with Crippen LogP contribution in [0.2, 0.25) is 5.02 Å². The van der Waals surface area contributed by atoms with Gasteiger partial charge in [-0.25, -0.2) is 4.79 Å². The van der Waals surface area contributed by atoms with Crippen molar-refractivity contribution < 1.29 is 19.1 Å². The van der Waals surface area contributed by atoms with Crippen molar-refractivity contribution in [3.63, 3.8) is 0 Å². The van der Waals surface area contributed by atoms with Gasteiger partial charge in [0, 0.05) is 10.6 Å². The van der Waals surface area contributed by atoms with Gasteiger partial charge < -0.3 is 9.47 Å². The third-order valence-electron chi connectivity index (χ3n) is 2.47. The third kappa shape index (κ3) is 5.28. The summed E-state index contributed by atoms with van der Waals surface area (Å²) in [7, 11) is 2.52. The summed E-state index contributed by atoms with van der Waals surface area (Å²) in [6.07, 6.45) is 4.85. The number of hydrogen-bond donors (Lipinski definition) is 0. The van der Waals surface area contributed by atoms with E-state index in [1.165, 1.54) is 20.3 Å². The number of rotatable bonds is 5. The first kappa shape index (κ1) is 16.0. The molecule has 4 nitrogen and oxygen atoms in total. The van der Waals surface area contributed by atoms with Gasteiger partial charge in [0.1, 0.15) is 0 Å². The van der Waals surface area contributed by atoms with E-state index in [4.69, 9.17) is 11.6 Å². The highest BCUT2D eigenvalue weighted by molar-refractivity contribution is 6.30. The normalized spacial score (nSPS) is 11.4. The van der Waals surface area contributed by atoms with E-state index in [1.54, 1.807) is 24.3 Å². The second-order valence-corrected chi connectivity index (χ2v) is 4.28. The van der Waals surface area contributed by atoms with Crippen LogP contribution in [-0.2, 0) is 19.1 Å². The first-order valence-electron chi connectivity index (χ1n) is 5.84. The lowest BCUT2D eigenvalue weighted by molar-refractivity contribution is -0.143. The molecule has 20 heavy (non-hydrogen) atoms. The first-order chi connectivity index (χ1) is 9.56. The van der Waals surface area contributed by atoms with Gasteiger partial charge in [0.25, 0.3) is 0 Å². The van der Waals surface area contributed by atoms with Crippen molar-refractivity contribution in [2.24, 2.45) is 0 Å². The smallest absolute Gasteiger partial charge is 0.334 e. The summed E-state index contributed by atoms with van der Waals surface area (Å²) in [5.74, 6) is -1.06. The molecule has 0 aliphatic heterocycles. The summed E-state index contributed by atoms with van der Waals surface area (Å²) in [5, 5.41) is 0.652. The SMILES string of the molecule is COC(=O)C/C(=C/C=C\c1ccc(Cl)cc1)C(=O)OC. The fraction of sp³-hybridized carbons (Fsp3) is 0.200. The van der Waals surface area contributed by atoms with E-state index in [0.29, 0.717) is 5.02 Å². The zero-order valence-corrected chi connectivity index (χ0v) is 12.0. The van der Waals surface area contributed by atoms with Crippen molar-refractivity contribution in [1.29, 1.82) is 0 Å². The Hall–Kier alpha value is -2.07. The Bertz CT molecular complexity index is 529. The number of esters is 2. The van der Waals surface area contributed by atoms with Crippen LogP contribution < -0.4 is 0 Å². The zero-order valence-electron chi connectivity index (χ0n) is 11.3. The molecule has 0 bridgehead atoms. The van der Waals surface area contributed by atoms with E-state index in [0.717, 1.165) is 5.56 Å². The molecule has 5 heteroatoms. The van der Waals surface area contributed by atoms with Crippen LogP contribution in [0.25, 0.3) is 6.08 Å². The molecule has 0 saturated heterocycles. The minimum Gasteiger partial charge on any atom is -0.469 e. The highest BCUT2D eigenvalue weighted by atomic mass is 35.5. The first-order valence-corrected chi connectivity index (χ1v) is 6.22. The summed E-state index contributed by atoms with van der Waals surface area (Å²) in [6, 6.07) is 7.21. The maximum absolute atomic E-state index is 11.5. The highest BCUT2D eigenvalue weighted by Gasteiger charge is 2.13. The Morgan fingerprint density at radius 2 is 1.80 bits per heavy atom. The molecule has 0 amide bonds. The average Bonchev–Trinajstić information content (AvgIpc) is 2.47. The minimum absolute atomic E-state index is 0.131. The molecule has 0 aliphatic carbocycles. The average molecular weight is 295 g/mol. The van der Waals surface area contributed by atoms with Gasteiger partial charge in [-0.3, -0.25) is 4.79 Å². The summed E-state index contributed by atoms with van der Waals surface area (Å²) in [4.78, 5) is 22.7. The van der Waals surface area contributed by atoms with Crippen LogP contribution in [0.1, 0.15) is 12.0 Å². The monoisotopic (exact) mass is 294 g/mol. The number of benzene rings is 1. The number of hydrogen-bond acceptors (Lipinski definition) is 4. The molecule has 0 fully saturated rings. The molecule has 1 aromatic rings. The van der Waals surface area contributed by atoms with Crippen LogP contribution >= 0.6 is 11.6 Å². The van der Waals surface area contributed by atoms with Crippen molar-refractivity contribution >= 4 is 29.6 Å². The van der Waals surface area contributed by atoms with Crippen molar-refractivity contribution in [3.8, 4) is 0 Å². The van der Waals surface area contributed by atoms with Crippen LogP contribution in [0.15, 0.2) is 42.0 Å². The standard InChI is InChI=1S/C15H15ClO4/c1-19-14(17)10-12(15(18)20-2)5-3-4-11-6-8-13(16)9-7-11/h3-9H,10H2,1-2H3/b4-3-,12-5-. The van der Waals surface area contributed by atoms with Gasteiger partial charge in [-0.2, -0.15) is 0 Å². The quantitative estimate of drug-likeness (QED) is 0.476. The number of halogens is 1. The van der Waals surface area contributed by atoms with E-state index >= 15 is 0 Å². The maximum Gasteiger partial charge on any atom is 0.334 e. The predicted octanol–water partition coefficient (Wildman–Crippen LogP) is 3.02. The second kappa shape index (κ2) is 8.17. The maximum atomic E-state index is 11.5. The molecule has 0 radical (unpaired) electrons. The molecule has 0 spiro atoms. The number of carbonyl (C=O) groups is 2. The number of methoxy groups -OCH3 is 2. The molecule has 0 atom stereocenters. The summed E-state index contributed by atoms with van der Waals surface area (Å²) < 4.78 is 9.14. The lowest BCUT2D eigenvalue weighted by Gasteiger charge is -2.02. The van der Waals surface area contributed by atoms with Crippen LogP contribution in [0, 0.1) is 0 Å². The third-order valence-corrected chi connectivity index (χ3v) is 2.72. The summed E-state index contributed by atoms with van der Waals surface area (Å²) in [6.45, 7) is 0. The van der Waals surface area contributed by atoms with Crippen molar-refractivity contribution in [2.75, 3.05) is 14.2 Å². The fourth-order valence-corrected chi connectivity index (χ4v) is 1.53. The molecule has 0 N–H and O–H groups in total. The summed E-state index contributed by atoms with van der Waals surface area (Å²) >= 11 is 5.78. The summed E-state index contributed by atoms with van der Waals surface area (Å²) in [5.41, 5.74) is 1.15. The van der Waals surface area contributed by atoms with E-state index in [9.17, 15) is 9.59 Å². The van der Waals surface area contributed by atoms with Gasteiger partial charge in [-0.05, 0) is 17.7 Å². The molecule has 106 valence electrons. The van der Waals surface area contributed by atoms with Crippen LogP contribution in [0.3, 0.4) is 0 Å². The van der Waals surface area contributed by atoms with Crippen LogP contribution in [-0.4, -0.2) is 26.2 Å². The molecule has 0 heterocycles. The van der Waals surface area contributed by atoms with Gasteiger partial charge in [0.05, 0.1) is 20.6 Å². The zero-order chi connectivity index (χ0) is 15.0. The molecule has 1 rings (SSSR count). The molecule has 0 aliphatic rings. The molecule has 1 aromatic carbocycles. The van der Waals surface area contributed by atoms with E-state index in [1.807, 2.05) is 12.1 Å². The Labute approximate surface area is 122 Å². The number of ether oxygens (including phenoxy) is 2. The lowest BCUT2D eigenvalue weighted by atomic mass is 10.1. The molecular weight excluding hydrogens is 280 g/mol. The van der Waals surface area contributed by atoms with Gasteiger partial charge in [0.15, 0.2) is 0 Å². The van der Waals surface area contributed by atoms with E-state index in [2.05, 4.69) is 9.47 Å². The second-order valence-electron chi connectivity index (χ2n) is 3.85. The van der Waals surface area contributed by atoms with Crippen LogP contribution in [0.5, 0.6) is 0 Å². The van der Waals surface area contributed by atoms with Crippen molar-refractivity contribution in [1.82, 2.24) is 0 Å². The Balaban J connectivity index is 2.82. The van der Waals surface area contributed by atoms with Crippen molar-refractivity contribution in [3.05, 3.63) is 52.6 Å². The van der Waals surface area contributed by atoms with Gasteiger partial charge >= 0.3 is 11.9 Å². The topological polar surface area (TPSA) is 52.6 Å². The molecular formula is C15H15ClO4. The molecule has 0 aromatic heterocycles. The molecule has 0 unspecified atom stereocenters. The number of allylic oxidation sites excluding steroid dienone is 2. The van der Waals surface area contributed by atoms with Crippen molar-refractivity contribution in [2.45, 2.75) is 6.42 Å². The Morgan fingerprint density at radius 1 is 1.15 bits per heavy atom. The van der Waals surface area contributed by atoms with Gasteiger partial charge in [0.2, 0.25) is 0 Å². The minimum atomic E-state index is -0.559. The van der Waals surface area contributed by atoms with E-state index in [-0.39, 0.29) is 12.0 Å². The Kier molecular flexibility index (Phi) is 6.53. The van der Waals surface area contributed by atoms with Gasteiger partial charge in [-0.1, -0.05) is 42.0 Å². The van der Waals surface area contributed by atoms with Gasteiger partial charge in [-0.15, -0.1) is 0 Å². The fourth-order valence-electron chi connectivity index (χ4n) is 1.41. The Morgan fingerprint density at radius 3 is 2.35 bits per heavy atom. The highest BCUT2D eigenvalue weighted by Crippen LogP contribution is 2.11. The molecule has 0 saturated carbocycles. The predicted molar refractivity (Wildman–Crippen MR) is 77.2 cm³/mol. The lowest BCUT2D eigenvalue weighted by Crippen LogP contribution is -2.10. The van der Waals surface area contributed by atoms with Crippen LogP contribution in [0.4, 0.5) is 0 Å². The largest absolute Gasteiger partial charge is 0.469 e. The number of carbonyl (C=O) groups excluding carboxylic acids is 2. The van der Waals surface area contributed by atoms with E-state index < -0.39 is 11.9 Å².